The zero-order valence-corrected chi connectivity index (χ0v) is 13.6. The summed E-state index contributed by atoms with van der Waals surface area (Å²) in [6, 6.07) is 0. The summed E-state index contributed by atoms with van der Waals surface area (Å²) in [6.45, 7) is 8.05. The van der Waals surface area contributed by atoms with Gasteiger partial charge in [-0.15, -0.1) is 6.58 Å². The molecule has 5 heteroatoms. The number of carbonyl (C=O) groups excluding carboxylic acids is 1. The van der Waals surface area contributed by atoms with E-state index in [0.717, 1.165) is 12.8 Å². The molecule has 0 aromatic carbocycles. The third-order valence-electron chi connectivity index (χ3n) is 5.39. The summed E-state index contributed by atoms with van der Waals surface area (Å²) in [5, 5.41) is 0. The Hall–Kier alpha value is -1.01. The molecule has 0 radical (unpaired) electrons. The molecular formula is C18H24O5. The van der Waals surface area contributed by atoms with Gasteiger partial charge in [-0.05, 0) is 38.5 Å². The lowest BCUT2D eigenvalue weighted by Gasteiger charge is -2.26. The number of allylic oxidation sites excluding steroid dienone is 2. The second-order valence-corrected chi connectivity index (χ2v) is 7.39. The van der Waals surface area contributed by atoms with Gasteiger partial charge in [-0.2, -0.15) is 0 Å². The first-order valence-electron chi connectivity index (χ1n) is 8.44. The number of ketones is 1. The first-order chi connectivity index (χ1) is 11.0. The third-order valence-corrected chi connectivity index (χ3v) is 5.39. The highest BCUT2D eigenvalue weighted by atomic mass is 16.8. The number of ether oxygens (including phenoxy) is 4. The number of hydrogen-bond acceptors (Lipinski definition) is 5. The van der Waals surface area contributed by atoms with Crippen LogP contribution in [0.4, 0.5) is 0 Å². The molecule has 0 spiro atoms. The maximum Gasteiger partial charge on any atom is 0.190 e. The van der Waals surface area contributed by atoms with Gasteiger partial charge in [-0.25, -0.2) is 0 Å². The zero-order chi connectivity index (χ0) is 16.2. The van der Waals surface area contributed by atoms with Crippen LogP contribution in [0, 0.1) is 17.8 Å². The fourth-order valence-electron chi connectivity index (χ4n) is 4.34. The van der Waals surface area contributed by atoms with E-state index in [1.807, 2.05) is 26.0 Å². The van der Waals surface area contributed by atoms with Gasteiger partial charge in [0, 0.05) is 5.92 Å². The van der Waals surface area contributed by atoms with Gasteiger partial charge in [0.05, 0.1) is 6.61 Å². The minimum atomic E-state index is -0.704. The molecule has 0 unspecified atom stereocenters. The van der Waals surface area contributed by atoms with Crippen molar-refractivity contribution in [2.75, 3.05) is 6.61 Å². The van der Waals surface area contributed by atoms with Crippen molar-refractivity contribution in [1.29, 1.82) is 0 Å². The lowest BCUT2D eigenvalue weighted by molar-refractivity contribution is -0.217. The normalized spacial score (nSPS) is 49.5. The average molecular weight is 320 g/mol. The van der Waals surface area contributed by atoms with Crippen LogP contribution in [-0.2, 0) is 23.7 Å². The maximum atomic E-state index is 13.1. The molecule has 1 saturated carbocycles. The van der Waals surface area contributed by atoms with Crippen molar-refractivity contribution in [3.8, 4) is 0 Å². The first-order valence-corrected chi connectivity index (χ1v) is 8.44. The van der Waals surface area contributed by atoms with Crippen LogP contribution in [0.2, 0.25) is 0 Å². The Labute approximate surface area is 136 Å². The van der Waals surface area contributed by atoms with Crippen LogP contribution in [0.25, 0.3) is 0 Å². The summed E-state index contributed by atoms with van der Waals surface area (Å²) in [6.07, 6.45) is 6.05. The number of Topliss-reactive ketones (excluding diaryl/α,β-unsaturated/α-hetero) is 1. The van der Waals surface area contributed by atoms with E-state index >= 15 is 0 Å². The van der Waals surface area contributed by atoms with Crippen LogP contribution in [0.5, 0.6) is 0 Å². The van der Waals surface area contributed by atoms with Crippen LogP contribution in [0.3, 0.4) is 0 Å². The number of hydrogen-bond donors (Lipinski definition) is 0. The van der Waals surface area contributed by atoms with Gasteiger partial charge in [-0.1, -0.05) is 18.2 Å². The van der Waals surface area contributed by atoms with Crippen molar-refractivity contribution in [3.63, 3.8) is 0 Å². The third kappa shape index (κ3) is 2.60. The highest BCUT2D eigenvalue weighted by Crippen LogP contribution is 2.44. The maximum absolute atomic E-state index is 13.1. The van der Waals surface area contributed by atoms with E-state index in [0.29, 0.717) is 12.5 Å². The molecule has 2 saturated heterocycles. The summed E-state index contributed by atoms with van der Waals surface area (Å²) in [5.41, 5.74) is 0. The monoisotopic (exact) mass is 320 g/mol. The molecule has 3 fully saturated rings. The molecule has 0 bridgehead atoms. The lowest BCUT2D eigenvalue weighted by atomic mass is 9.87. The molecule has 5 nitrogen and oxygen atoms in total. The number of fused-ring (bicyclic) bond motifs is 4. The van der Waals surface area contributed by atoms with E-state index in [1.54, 1.807) is 0 Å². The molecule has 1 aliphatic carbocycles. The van der Waals surface area contributed by atoms with Gasteiger partial charge < -0.3 is 18.9 Å². The van der Waals surface area contributed by atoms with Gasteiger partial charge in [0.25, 0.3) is 0 Å². The predicted molar refractivity (Wildman–Crippen MR) is 82.5 cm³/mol. The topological polar surface area (TPSA) is 54.0 Å². The molecule has 4 aliphatic rings. The van der Waals surface area contributed by atoms with E-state index in [4.69, 9.17) is 18.9 Å². The highest BCUT2D eigenvalue weighted by Gasteiger charge is 2.58. The molecule has 0 aromatic heterocycles. The minimum Gasteiger partial charge on any atom is -0.368 e. The second-order valence-electron chi connectivity index (χ2n) is 7.39. The minimum absolute atomic E-state index is 0.0321. The molecule has 0 aromatic rings. The summed E-state index contributed by atoms with van der Waals surface area (Å²) < 4.78 is 23.5. The van der Waals surface area contributed by atoms with Crippen LogP contribution in [0.1, 0.15) is 26.7 Å². The SMILES string of the molecule is C=C[C@@H]1C[C@@H]2/C=C/CO[C@@H]3[C@H]4OC(C)(C)O[C@H]4O[C@@H]3C(=O)[C@@H]2C1. The summed E-state index contributed by atoms with van der Waals surface area (Å²) in [4.78, 5) is 13.1. The average Bonchev–Trinajstić information content (AvgIpc) is 3.13. The fraction of sp³-hybridized carbons (Fsp3) is 0.722. The molecule has 3 aliphatic heterocycles. The molecule has 126 valence electrons. The van der Waals surface area contributed by atoms with Crippen molar-refractivity contribution in [2.24, 2.45) is 17.8 Å². The standard InChI is InChI=1S/C18H24O5/c1-4-10-8-11-6-5-7-20-15-14(13(19)12(11)9-10)21-17-16(15)22-18(2,3)23-17/h4-6,10-12,14-17H,1,7-9H2,2-3H3/b6-5+/t10-,11+,12-,14-,15+,16-,17-/m1/s1. The predicted octanol–water partition coefficient (Wildman–Crippen LogP) is 2.22. The van der Waals surface area contributed by atoms with Crippen LogP contribution < -0.4 is 0 Å². The van der Waals surface area contributed by atoms with Crippen molar-refractivity contribution in [3.05, 3.63) is 24.8 Å². The van der Waals surface area contributed by atoms with Gasteiger partial charge in [-0.3, -0.25) is 4.79 Å². The van der Waals surface area contributed by atoms with Crippen LogP contribution in [0.15, 0.2) is 24.8 Å². The molecule has 23 heavy (non-hydrogen) atoms. The second kappa shape index (κ2) is 5.52. The van der Waals surface area contributed by atoms with Gasteiger partial charge in [0.2, 0.25) is 0 Å². The Kier molecular flexibility index (Phi) is 3.72. The first kappa shape index (κ1) is 15.5. The number of rotatable bonds is 1. The number of carbonyl (C=O) groups is 1. The largest absolute Gasteiger partial charge is 0.368 e. The highest BCUT2D eigenvalue weighted by molar-refractivity contribution is 5.87. The van der Waals surface area contributed by atoms with Gasteiger partial charge in [0.15, 0.2) is 17.9 Å². The van der Waals surface area contributed by atoms with Crippen molar-refractivity contribution >= 4 is 5.78 Å². The van der Waals surface area contributed by atoms with Crippen molar-refractivity contribution in [2.45, 2.75) is 57.1 Å². The Bertz CT molecular complexity index is 540. The lowest BCUT2D eigenvalue weighted by Crippen LogP contribution is -2.43. The Morgan fingerprint density at radius 3 is 2.87 bits per heavy atom. The van der Waals surface area contributed by atoms with Crippen molar-refractivity contribution in [1.82, 2.24) is 0 Å². The molecule has 0 N–H and O–H groups in total. The molecule has 7 atom stereocenters. The Morgan fingerprint density at radius 2 is 2.09 bits per heavy atom. The van der Waals surface area contributed by atoms with Gasteiger partial charge in [0.1, 0.15) is 18.3 Å². The quantitative estimate of drug-likeness (QED) is 0.693. The summed E-state index contributed by atoms with van der Waals surface area (Å²) in [5.74, 6) is 0.0237. The smallest absolute Gasteiger partial charge is 0.190 e. The van der Waals surface area contributed by atoms with E-state index in [1.165, 1.54) is 0 Å². The molecule has 3 heterocycles. The molecular weight excluding hydrogens is 296 g/mol. The van der Waals surface area contributed by atoms with E-state index in [2.05, 4.69) is 12.7 Å². The fourth-order valence-corrected chi connectivity index (χ4v) is 4.34. The van der Waals surface area contributed by atoms with E-state index in [-0.39, 0.29) is 23.7 Å². The zero-order valence-electron chi connectivity index (χ0n) is 13.6. The van der Waals surface area contributed by atoms with Crippen LogP contribution >= 0.6 is 0 Å². The summed E-state index contributed by atoms with van der Waals surface area (Å²) >= 11 is 0. The van der Waals surface area contributed by atoms with E-state index < -0.39 is 24.3 Å². The van der Waals surface area contributed by atoms with E-state index in [9.17, 15) is 4.79 Å². The van der Waals surface area contributed by atoms with Crippen LogP contribution in [-0.4, -0.2) is 42.8 Å². The molecule has 0 amide bonds. The Balaban J connectivity index is 1.59. The Morgan fingerprint density at radius 1 is 1.26 bits per heavy atom. The van der Waals surface area contributed by atoms with Crippen molar-refractivity contribution < 1.29 is 23.7 Å². The summed E-state index contributed by atoms with van der Waals surface area (Å²) in [7, 11) is 0. The molecule has 4 rings (SSSR count). The van der Waals surface area contributed by atoms with Gasteiger partial charge >= 0.3 is 0 Å².